The summed E-state index contributed by atoms with van der Waals surface area (Å²) in [7, 11) is 1.55. The second-order valence-corrected chi connectivity index (χ2v) is 7.85. The van der Waals surface area contributed by atoms with Crippen LogP contribution in [-0.2, 0) is 24.1 Å². The second kappa shape index (κ2) is 10.7. The smallest absolute Gasteiger partial charge is 0.307 e. The van der Waals surface area contributed by atoms with E-state index in [9.17, 15) is 4.79 Å². The summed E-state index contributed by atoms with van der Waals surface area (Å²) in [5.74, 6) is 0.928. The summed E-state index contributed by atoms with van der Waals surface area (Å²) in [6.07, 6.45) is 7.92. The fraction of sp³-hybridized carbons (Fsp3) is 0.417. The molecule has 0 radical (unpaired) electrons. The van der Waals surface area contributed by atoms with E-state index in [2.05, 4.69) is 30.7 Å². The van der Waals surface area contributed by atoms with Crippen molar-refractivity contribution in [2.45, 2.75) is 52.4 Å². The van der Waals surface area contributed by atoms with E-state index in [0.29, 0.717) is 29.6 Å². The molecule has 0 amide bonds. The minimum atomic E-state index is -0.911. The van der Waals surface area contributed by atoms with Crippen molar-refractivity contribution in [1.29, 1.82) is 0 Å². The molecule has 32 heavy (non-hydrogen) atoms. The van der Waals surface area contributed by atoms with E-state index in [1.165, 1.54) is 0 Å². The largest absolute Gasteiger partial charge is 0.493 e. The number of ether oxygens (including phenoxy) is 2. The Kier molecular flexibility index (Phi) is 7.81. The summed E-state index contributed by atoms with van der Waals surface area (Å²) in [6, 6.07) is 5.28. The number of hydrogen-bond acceptors (Lipinski definition) is 6. The first-order chi connectivity index (χ1) is 15.4. The number of aliphatic carboxylic acids is 1. The van der Waals surface area contributed by atoms with Crippen LogP contribution in [0.1, 0.15) is 55.5 Å². The molecule has 1 aromatic carbocycles. The molecule has 8 nitrogen and oxygen atoms in total. The van der Waals surface area contributed by atoms with Gasteiger partial charge in [0.05, 0.1) is 25.8 Å². The molecule has 0 aliphatic rings. The molecule has 170 valence electrons. The van der Waals surface area contributed by atoms with Gasteiger partial charge in [0.15, 0.2) is 11.5 Å². The minimum Gasteiger partial charge on any atom is -0.493 e. The number of para-hydroxylation sites is 1. The summed E-state index contributed by atoms with van der Waals surface area (Å²) in [5.41, 5.74) is 3.82. The highest BCUT2D eigenvalue weighted by atomic mass is 16.5. The molecule has 2 heterocycles. The number of methoxy groups -OCH3 is 1. The number of rotatable bonds is 11. The van der Waals surface area contributed by atoms with Crippen LogP contribution < -0.4 is 9.47 Å². The van der Waals surface area contributed by atoms with Crippen molar-refractivity contribution in [2.24, 2.45) is 0 Å². The summed E-state index contributed by atoms with van der Waals surface area (Å²) in [5, 5.41) is 13.9. The number of carboxylic acids is 1. The lowest BCUT2D eigenvalue weighted by atomic mass is 10.0. The average Bonchev–Trinajstić information content (AvgIpc) is 3.21. The Hall–Kier alpha value is -3.42. The van der Waals surface area contributed by atoms with Gasteiger partial charge in [-0.3, -0.25) is 4.79 Å². The van der Waals surface area contributed by atoms with E-state index in [1.807, 2.05) is 18.6 Å². The van der Waals surface area contributed by atoms with E-state index in [0.717, 1.165) is 36.1 Å². The Morgan fingerprint density at radius 2 is 1.94 bits per heavy atom. The number of carbonyl (C=O) groups is 1. The lowest BCUT2D eigenvalue weighted by molar-refractivity contribution is -0.136. The van der Waals surface area contributed by atoms with Crippen LogP contribution in [0.25, 0.3) is 5.95 Å². The summed E-state index contributed by atoms with van der Waals surface area (Å²) >= 11 is 0. The van der Waals surface area contributed by atoms with Crippen molar-refractivity contribution in [2.75, 3.05) is 13.7 Å². The van der Waals surface area contributed by atoms with Crippen LogP contribution in [0.15, 0.2) is 36.8 Å². The molecular formula is C24H30N4O4. The van der Waals surface area contributed by atoms with Gasteiger partial charge in [0.2, 0.25) is 5.95 Å². The monoisotopic (exact) mass is 438 g/mol. The molecule has 0 aliphatic heterocycles. The SMILES string of the molecule is CCc1cnc(-n2cc(CCCOc3c(CC(=O)O)cccc3OC)c(C(C)C)n2)nc1. The molecule has 0 spiro atoms. The third kappa shape index (κ3) is 5.63. The van der Waals surface area contributed by atoms with Gasteiger partial charge in [0.1, 0.15) is 0 Å². The normalized spacial score (nSPS) is 11.0. The van der Waals surface area contributed by atoms with Gasteiger partial charge in [-0.15, -0.1) is 0 Å². The van der Waals surface area contributed by atoms with Crippen molar-refractivity contribution in [3.8, 4) is 17.4 Å². The third-order valence-corrected chi connectivity index (χ3v) is 5.13. The van der Waals surface area contributed by atoms with Gasteiger partial charge in [-0.2, -0.15) is 5.10 Å². The van der Waals surface area contributed by atoms with Crippen molar-refractivity contribution in [3.63, 3.8) is 0 Å². The van der Waals surface area contributed by atoms with Crippen LogP contribution in [-0.4, -0.2) is 44.5 Å². The fourth-order valence-corrected chi connectivity index (χ4v) is 3.48. The van der Waals surface area contributed by atoms with E-state index in [1.54, 1.807) is 30.0 Å². The highest BCUT2D eigenvalue weighted by Crippen LogP contribution is 2.32. The third-order valence-electron chi connectivity index (χ3n) is 5.13. The summed E-state index contributed by atoms with van der Waals surface area (Å²) < 4.78 is 13.0. The standard InChI is InChI=1S/C24H30N4O4/c1-5-17-13-25-24(26-14-17)28-15-19(22(27-28)16(2)3)9-7-11-32-23-18(12-21(29)30)8-6-10-20(23)31-4/h6,8,10,13-16H,5,7,9,11-12H2,1-4H3,(H,29,30). The van der Waals surface area contributed by atoms with Gasteiger partial charge >= 0.3 is 5.97 Å². The quantitative estimate of drug-likeness (QED) is 0.452. The lowest BCUT2D eigenvalue weighted by Crippen LogP contribution is -2.07. The van der Waals surface area contributed by atoms with E-state index < -0.39 is 5.97 Å². The highest BCUT2D eigenvalue weighted by molar-refractivity contribution is 5.72. The maximum absolute atomic E-state index is 11.2. The first-order valence-corrected chi connectivity index (χ1v) is 10.8. The summed E-state index contributed by atoms with van der Waals surface area (Å²) in [6.45, 7) is 6.72. The van der Waals surface area contributed by atoms with E-state index >= 15 is 0 Å². The molecule has 0 saturated heterocycles. The number of hydrogen-bond donors (Lipinski definition) is 1. The van der Waals surface area contributed by atoms with Crippen LogP contribution >= 0.6 is 0 Å². The molecule has 0 saturated carbocycles. The number of aryl methyl sites for hydroxylation is 2. The molecule has 3 aromatic rings. The highest BCUT2D eigenvalue weighted by Gasteiger charge is 2.16. The Labute approximate surface area is 188 Å². The lowest BCUT2D eigenvalue weighted by Gasteiger charge is -2.14. The Morgan fingerprint density at radius 3 is 2.56 bits per heavy atom. The minimum absolute atomic E-state index is 0.117. The molecule has 1 N–H and O–H groups in total. The van der Waals surface area contributed by atoms with Crippen LogP contribution in [0.4, 0.5) is 0 Å². The number of nitrogens with zero attached hydrogens (tertiary/aromatic N) is 4. The topological polar surface area (TPSA) is 99.4 Å². The van der Waals surface area contributed by atoms with E-state index in [-0.39, 0.29) is 12.3 Å². The van der Waals surface area contributed by atoms with Gasteiger partial charge in [-0.05, 0) is 42.4 Å². The molecule has 3 rings (SSSR count). The van der Waals surface area contributed by atoms with Gasteiger partial charge < -0.3 is 14.6 Å². The zero-order chi connectivity index (χ0) is 23.1. The van der Waals surface area contributed by atoms with Crippen molar-refractivity contribution in [3.05, 3.63) is 59.2 Å². The van der Waals surface area contributed by atoms with Crippen LogP contribution in [0.3, 0.4) is 0 Å². The molecule has 0 bridgehead atoms. The average molecular weight is 439 g/mol. The number of benzene rings is 1. The van der Waals surface area contributed by atoms with Crippen LogP contribution in [0, 0.1) is 0 Å². The maximum atomic E-state index is 11.2. The Balaban J connectivity index is 1.70. The molecule has 0 fully saturated rings. The number of aromatic nitrogens is 4. The van der Waals surface area contributed by atoms with Crippen molar-refractivity contribution >= 4 is 5.97 Å². The zero-order valence-electron chi connectivity index (χ0n) is 19.0. The maximum Gasteiger partial charge on any atom is 0.307 e. The predicted molar refractivity (Wildman–Crippen MR) is 121 cm³/mol. The molecular weight excluding hydrogens is 408 g/mol. The van der Waals surface area contributed by atoms with Gasteiger partial charge in [-0.1, -0.05) is 32.9 Å². The van der Waals surface area contributed by atoms with Crippen LogP contribution in [0.5, 0.6) is 11.5 Å². The first kappa shape index (κ1) is 23.2. The molecule has 2 aromatic heterocycles. The summed E-state index contributed by atoms with van der Waals surface area (Å²) in [4.78, 5) is 20.0. The fourth-order valence-electron chi connectivity index (χ4n) is 3.48. The Morgan fingerprint density at radius 1 is 1.19 bits per heavy atom. The number of carboxylic acid groups (broad SMARTS) is 1. The van der Waals surface area contributed by atoms with Crippen LogP contribution in [0.2, 0.25) is 0 Å². The molecule has 8 heteroatoms. The van der Waals surface area contributed by atoms with Crippen molar-refractivity contribution in [1.82, 2.24) is 19.7 Å². The second-order valence-electron chi connectivity index (χ2n) is 7.85. The van der Waals surface area contributed by atoms with Gasteiger partial charge in [0, 0.05) is 24.2 Å². The predicted octanol–water partition coefficient (Wildman–Crippen LogP) is 4.00. The van der Waals surface area contributed by atoms with Crippen molar-refractivity contribution < 1.29 is 19.4 Å². The molecule has 0 atom stereocenters. The molecule has 0 aliphatic carbocycles. The first-order valence-electron chi connectivity index (χ1n) is 10.8. The van der Waals surface area contributed by atoms with E-state index in [4.69, 9.17) is 19.7 Å². The zero-order valence-corrected chi connectivity index (χ0v) is 19.0. The Bertz CT molecular complexity index is 1040. The van der Waals surface area contributed by atoms with Gasteiger partial charge in [0.25, 0.3) is 0 Å². The van der Waals surface area contributed by atoms with Gasteiger partial charge in [-0.25, -0.2) is 14.6 Å². The molecule has 0 unspecified atom stereocenters.